The molecule has 0 spiro atoms. The number of rotatable bonds is 2. The average Bonchev–Trinajstić information content (AvgIpc) is 2.90. The molecule has 0 aliphatic heterocycles. The zero-order chi connectivity index (χ0) is 14.8. The molecule has 106 valence electrons. The highest BCUT2D eigenvalue weighted by atomic mass is 16.2. The summed E-state index contributed by atoms with van der Waals surface area (Å²) < 4.78 is 0. The van der Waals surface area contributed by atoms with Crippen molar-refractivity contribution in [3.05, 3.63) is 53.7 Å². The van der Waals surface area contributed by atoms with Crippen LogP contribution in [0.15, 0.2) is 42.6 Å². The molecule has 0 bridgehead atoms. The van der Waals surface area contributed by atoms with Crippen LogP contribution in [0.3, 0.4) is 0 Å². The molecule has 1 aromatic heterocycles. The first kappa shape index (κ1) is 13.2. The summed E-state index contributed by atoms with van der Waals surface area (Å²) in [4.78, 5) is 12.0. The topological polar surface area (TPSA) is 69.8 Å². The summed E-state index contributed by atoms with van der Waals surface area (Å²) in [5.41, 5.74) is 4.72. The first-order chi connectivity index (χ1) is 10.1. The minimum absolute atomic E-state index is 0.267. The van der Waals surface area contributed by atoms with E-state index >= 15 is 0 Å². The molecule has 0 aliphatic carbocycles. The van der Waals surface area contributed by atoms with Gasteiger partial charge in [0.2, 0.25) is 0 Å². The number of fused-ring (bicyclic) bond motifs is 1. The van der Waals surface area contributed by atoms with E-state index in [1.165, 1.54) is 5.56 Å². The molecule has 2 amide bonds. The lowest BCUT2D eigenvalue weighted by Gasteiger charge is -2.09. The average molecular weight is 280 g/mol. The monoisotopic (exact) mass is 280 g/mol. The third-order valence-corrected chi connectivity index (χ3v) is 3.46. The van der Waals surface area contributed by atoms with Gasteiger partial charge in [-0.05, 0) is 55.3 Å². The van der Waals surface area contributed by atoms with Crippen LogP contribution in [-0.2, 0) is 0 Å². The van der Waals surface area contributed by atoms with Crippen LogP contribution >= 0.6 is 0 Å². The Morgan fingerprint density at radius 1 is 1.00 bits per heavy atom. The summed E-state index contributed by atoms with van der Waals surface area (Å²) in [6, 6.07) is 11.2. The smallest absolute Gasteiger partial charge is 0.308 e. The second kappa shape index (κ2) is 5.28. The molecular formula is C16H16N4O. The predicted octanol–water partition coefficient (Wildman–Crippen LogP) is 3.82. The number of aryl methyl sites for hydroxylation is 2. The summed E-state index contributed by atoms with van der Waals surface area (Å²) >= 11 is 0. The molecule has 0 saturated carbocycles. The van der Waals surface area contributed by atoms with Gasteiger partial charge in [0.1, 0.15) is 0 Å². The normalized spacial score (nSPS) is 10.6. The molecule has 3 rings (SSSR count). The van der Waals surface area contributed by atoms with E-state index in [-0.39, 0.29) is 6.03 Å². The maximum atomic E-state index is 12.0. The number of amides is 2. The lowest BCUT2D eigenvalue weighted by atomic mass is 10.1. The molecule has 0 aliphatic rings. The van der Waals surface area contributed by atoms with Crippen molar-refractivity contribution >= 4 is 28.3 Å². The number of urea groups is 1. The van der Waals surface area contributed by atoms with Gasteiger partial charge in [0.05, 0.1) is 11.7 Å². The molecule has 3 aromatic rings. The fourth-order valence-electron chi connectivity index (χ4n) is 2.13. The van der Waals surface area contributed by atoms with Gasteiger partial charge in [-0.25, -0.2) is 4.79 Å². The molecule has 0 radical (unpaired) electrons. The Kier molecular flexibility index (Phi) is 3.31. The van der Waals surface area contributed by atoms with Gasteiger partial charge >= 0.3 is 6.03 Å². The van der Waals surface area contributed by atoms with Crippen LogP contribution in [0, 0.1) is 13.8 Å². The molecule has 2 aromatic carbocycles. The fraction of sp³-hybridized carbons (Fsp3) is 0.125. The van der Waals surface area contributed by atoms with E-state index in [1.807, 2.05) is 50.2 Å². The molecule has 5 heteroatoms. The number of benzene rings is 2. The molecule has 0 unspecified atom stereocenters. The van der Waals surface area contributed by atoms with Crippen molar-refractivity contribution in [2.45, 2.75) is 13.8 Å². The van der Waals surface area contributed by atoms with Crippen molar-refractivity contribution in [3.63, 3.8) is 0 Å². The maximum Gasteiger partial charge on any atom is 0.323 e. The molecular weight excluding hydrogens is 264 g/mol. The molecule has 0 fully saturated rings. The highest BCUT2D eigenvalue weighted by Gasteiger charge is 2.05. The van der Waals surface area contributed by atoms with Gasteiger partial charge < -0.3 is 10.6 Å². The number of aromatic amines is 1. The maximum absolute atomic E-state index is 12.0. The molecule has 21 heavy (non-hydrogen) atoms. The van der Waals surface area contributed by atoms with E-state index in [4.69, 9.17) is 0 Å². The number of carbonyl (C=O) groups is 1. The largest absolute Gasteiger partial charge is 0.323 e. The third kappa shape index (κ3) is 2.86. The Morgan fingerprint density at radius 2 is 1.71 bits per heavy atom. The number of aromatic nitrogens is 2. The third-order valence-electron chi connectivity index (χ3n) is 3.46. The van der Waals surface area contributed by atoms with Crippen molar-refractivity contribution in [2.24, 2.45) is 0 Å². The van der Waals surface area contributed by atoms with Crippen molar-refractivity contribution in [1.29, 1.82) is 0 Å². The van der Waals surface area contributed by atoms with Crippen molar-refractivity contribution < 1.29 is 4.79 Å². The van der Waals surface area contributed by atoms with E-state index in [0.29, 0.717) is 5.69 Å². The van der Waals surface area contributed by atoms with Crippen LogP contribution in [0.2, 0.25) is 0 Å². The van der Waals surface area contributed by atoms with Crippen LogP contribution in [0.1, 0.15) is 11.1 Å². The zero-order valence-corrected chi connectivity index (χ0v) is 11.9. The van der Waals surface area contributed by atoms with Gasteiger partial charge in [-0.2, -0.15) is 5.10 Å². The van der Waals surface area contributed by atoms with E-state index in [0.717, 1.165) is 22.2 Å². The second-order valence-electron chi connectivity index (χ2n) is 5.05. The SMILES string of the molecule is Cc1ccc(NC(=O)Nc2ccc3cn[nH]c3c2)cc1C. The second-order valence-corrected chi connectivity index (χ2v) is 5.05. The van der Waals surface area contributed by atoms with E-state index in [2.05, 4.69) is 20.8 Å². The molecule has 5 nitrogen and oxygen atoms in total. The van der Waals surface area contributed by atoms with E-state index in [9.17, 15) is 4.79 Å². The number of nitrogens with zero attached hydrogens (tertiary/aromatic N) is 1. The van der Waals surface area contributed by atoms with Crippen LogP contribution < -0.4 is 10.6 Å². The molecule has 0 atom stereocenters. The van der Waals surface area contributed by atoms with Crippen LogP contribution in [-0.4, -0.2) is 16.2 Å². The minimum atomic E-state index is -0.267. The van der Waals surface area contributed by atoms with Gasteiger partial charge in [0.25, 0.3) is 0 Å². The first-order valence-corrected chi connectivity index (χ1v) is 6.70. The highest BCUT2D eigenvalue weighted by Crippen LogP contribution is 2.18. The molecule has 1 heterocycles. The fourth-order valence-corrected chi connectivity index (χ4v) is 2.13. The van der Waals surface area contributed by atoms with Gasteiger partial charge in [0.15, 0.2) is 0 Å². The van der Waals surface area contributed by atoms with E-state index in [1.54, 1.807) is 6.20 Å². The molecule has 3 N–H and O–H groups in total. The van der Waals surface area contributed by atoms with Gasteiger partial charge in [-0.3, -0.25) is 5.10 Å². The van der Waals surface area contributed by atoms with E-state index < -0.39 is 0 Å². The number of carbonyl (C=O) groups excluding carboxylic acids is 1. The van der Waals surface area contributed by atoms with Crippen LogP contribution in [0.25, 0.3) is 10.9 Å². The van der Waals surface area contributed by atoms with Gasteiger partial charge in [-0.15, -0.1) is 0 Å². The highest BCUT2D eigenvalue weighted by molar-refractivity contribution is 6.00. The molecule has 0 saturated heterocycles. The summed E-state index contributed by atoms with van der Waals surface area (Å²) in [6.07, 6.45) is 1.74. The predicted molar refractivity (Wildman–Crippen MR) is 84.7 cm³/mol. The summed E-state index contributed by atoms with van der Waals surface area (Å²) in [7, 11) is 0. The van der Waals surface area contributed by atoms with Gasteiger partial charge in [0, 0.05) is 16.8 Å². The standard InChI is InChI=1S/C16H16N4O/c1-10-3-5-13(7-11(10)2)18-16(21)19-14-6-4-12-9-17-20-15(12)8-14/h3-9H,1-2H3,(H,17,20)(H2,18,19,21). The number of hydrogen-bond donors (Lipinski definition) is 3. The Hall–Kier alpha value is -2.82. The van der Waals surface area contributed by atoms with Gasteiger partial charge in [-0.1, -0.05) is 6.07 Å². The lowest BCUT2D eigenvalue weighted by Crippen LogP contribution is -2.19. The zero-order valence-electron chi connectivity index (χ0n) is 11.9. The van der Waals surface area contributed by atoms with Crippen LogP contribution in [0.5, 0.6) is 0 Å². The Labute approximate surface area is 122 Å². The Morgan fingerprint density at radius 3 is 2.48 bits per heavy atom. The summed E-state index contributed by atoms with van der Waals surface area (Å²) in [5, 5.41) is 13.5. The van der Waals surface area contributed by atoms with Crippen molar-refractivity contribution in [3.8, 4) is 0 Å². The summed E-state index contributed by atoms with van der Waals surface area (Å²) in [6.45, 7) is 4.06. The van der Waals surface area contributed by atoms with Crippen LogP contribution in [0.4, 0.5) is 16.2 Å². The minimum Gasteiger partial charge on any atom is -0.308 e. The summed E-state index contributed by atoms with van der Waals surface area (Å²) in [5.74, 6) is 0. The number of H-pyrrole nitrogens is 1. The number of nitrogens with one attached hydrogen (secondary N) is 3. The number of hydrogen-bond acceptors (Lipinski definition) is 2. The first-order valence-electron chi connectivity index (χ1n) is 6.70. The number of anilines is 2. The lowest BCUT2D eigenvalue weighted by molar-refractivity contribution is 0.262. The van der Waals surface area contributed by atoms with Crippen molar-refractivity contribution in [2.75, 3.05) is 10.6 Å². The van der Waals surface area contributed by atoms with Crippen molar-refractivity contribution in [1.82, 2.24) is 10.2 Å². The Bertz CT molecular complexity index is 807. The quantitative estimate of drug-likeness (QED) is 0.667. The Balaban J connectivity index is 1.71.